The van der Waals surface area contributed by atoms with E-state index < -0.39 is 0 Å². The van der Waals surface area contributed by atoms with E-state index in [4.69, 9.17) is 0 Å². The van der Waals surface area contributed by atoms with Crippen LogP contribution in [0.5, 0.6) is 0 Å². The van der Waals surface area contributed by atoms with Crippen molar-refractivity contribution < 1.29 is 4.39 Å². The summed E-state index contributed by atoms with van der Waals surface area (Å²) < 4.78 is 16.3. The molecular weight excluding hydrogens is 367 g/mol. The molecule has 3 aromatic carbocycles. The third-order valence-electron chi connectivity index (χ3n) is 5.14. The van der Waals surface area contributed by atoms with E-state index in [0.717, 1.165) is 16.3 Å². The normalized spacial score (nSPS) is 11.4. The first kappa shape index (κ1) is 17.3. The van der Waals surface area contributed by atoms with Gasteiger partial charge in [0.25, 0.3) is 5.56 Å². The van der Waals surface area contributed by atoms with Crippen molar-refractivity contribution >= 4 is 21.7 Å². The van der Waals surface area contributed by atoms with Crippen LogP contribution in [0.1, 0.15) is 11.3 Å². The van der Waals surface area contributed by atoms with Crippen molar-refractivity contribution in [3.63, 3.8) is 0 Å². The van der Waals surface area contributed by atoms with E-state index >= 15 is 0 Å². The lowest BCUT2D eigenvalue weighted by atomic mass is 10.0. The van der Waals surface area contributed by atoms with E-state index in [1.807, 2.05) is 49.4 Å². The van der Waals surface area contributed by atoms with E-state index in [0.29, 0.717) is 28.8 Å². The molecule has 0 aliphatic carbocycles. The maximum atomic E-state index is 13.3. The Morgan fingerprint density at radius 2 is 1.69 bits per heavy atom. The Hall–Kier alpha value is -3.80. The number of halogens is 1. The predicted octanol–water partition coefficient (Wildman–Crippen LogP) is 4.23. The van der Waals surface area contributed by atoms with Crippen LogP contribution >= 0.6 is 0 Å². The Morgan fingerprint density at radius 3 is 2.52 bits per heavy atom. The minimum atomic E-state index is -0.337. The molecule has 5 aromatic rings. The number of hydrogen-bond donors (Lipinski definition) is 0. The first-order valence-corrected chi connectivity index (χ1v) is 9.30. The molecule has 0 atom stereocenters. The number of nitrogens with zero attached hydrogens (tertiary/aromatic N) is 4. The highest BCUT2D eigenvalue weighted by atomic mass is 19.1. The van der Waals surface area contributed by atoms with Gasteiger partial charge in [-0.25, -0.2) is 13.8 Å². The third-order valence-corrected chi connectivity index (χ3v) is 5.14. The molecule has 0 aliphatic heterocycles. The van der Waals surface area contributed by atoms with Crippen LogP contribution < -0.4 is 5.56 Å². The van der Waals surface area contributed by atoms with E-state index in [2.05, 4.69) is 10.2 Å². The minimum Gasteiger partial charge on any atom is -0.265 e. The van der Waals surface area contributed by atoms with Crippen LogP contribution in [0.4, 0.5) is 4.39 Å². The summed E-state index contributed by atoms with van der Waals surface area (Å²) in [5.41, 5.74) is 2.56. The highest BCUT2D eigenvalue weighted by Crippen LogP contribution is 2.21. The molecule has 2 aromatic heterocycles. The summed E-state index contributed by atoms with van der Waals surface area (Å²) in [6.45, 7) is 2.21. The smallest absolute Gasteiger partial charge is 0.265 e. The predicted molar refractivity (Wildman–Crippen MR) is 111 cm³/mol. The fourth-order valence-electron chi connectivity index (χ4n) is 3.70. The quantitative estimate of drug-likeness (QED) is 0.468. The second-order valence-electron chi connectivity index (χ2n) is 6.98. The monoisotopic (exact) mass is 384 g/mol. The Kier molecular flexibility index (Phi) is 3.98. The molecule has 142 valence electrons. The molecule has 0 saturated carbocycles. The molecule has 0 unspecified atom stereocenters. The fourth-order valence-corrected chi connectivity index (χ4v) is 3.70. The maximum Gasteiger partial charge on any atom is 0.293 e. The number of rotatable bonds is 3. The molecule has 29 heavy (non-hydrogen) atoms. The van der Waals surface area contributed by atoms with Gasteiger partial charge in [0.2, 0.25) is 0 Å². The molecule has 0 N–H and O–H groups in total. The zero-order valence-corrected chi connectivity index (χ0v) is 15.7. The van der Waals surface area contributed by atoms with Gasteiger partial charge in [0, 0.05) is 5.39 Å². The summed E-state index contributed by atoms with van der Waals surface area (Å²) in [5, 5.41) is 11.8. The van der Waals surface area contributed by atoms with Crippen molar-refractivity contribution in [1.29, 1.82) is 0 Å². The lowest BCUT2D eigenvalue weighted by Gasteiger charge is -2.10. The molecule has 2 heterocycles. The second kappa shape index (κ2) is 6.67. The molecule has 0 radical (unpaired) electrons. The molecule has 0 aliphatic rings. The first-order chi connectivity index (χ1) is 14.1. The summed E-state index contributed by atoms with van der Waals surface area (Å²) in [7, 11) is 0. The Balaban J connectivity index is 1.69. The number of hydrogen-bond acceptors (Lipinski definition) is 3. The number of fused-ring (bicyclic) bond motifs is 2. The number of aromatic nitrogens is 4. The molecule has 0 saturated heterocycles. The molecule has 0 amide bonds. The van der Waals surface area contributed by atoms with Crippen LogP contribution in [-0.2, 0) is 6.54 Å². The molecule has 0 spiro atoms. The zero-order chi connectivity index (χ0) is 20.0. The Labute approximate surface area is 165 Å². The SMILES string of the molecule is Cc1nn(Cc2cccc3ccccc23)c(=O)c2c1cnn2-c1ccc(F)cc1. The largest absolute Gasteiger partial charge is 0.293 e. The van der Waals surface area contributed by atoms with Gasteiger partial charge in [-0.05, 0) is 47.5 Å². The van der Waals surface area contributed by atoms with Gasteiger partial charge in [0.05, 0.1) is 24.1 Å². The van der Waals surface area contributed by atoms with Crippen molar-refractivity contribution in [2.24, 2.45) is 0 Å². The van der Waals surface area contributed by atoms with Gasteiger partial charge in [-0.15, -0.1) is 0 Å². The fraction of sp³-hybridized carbons (Fsp3) is 0.0870. The van der Waals surface area contributed by atoms with Crippen LogP contribution in [0.25, 0.3) is 27.4 Å². The van der Waals surface area contributed by atoms with Crippen molar-refractivity contribution in [3.8, 4) is 5.69 Å². The van der Waals surface area contributed by atoms with Gasteiger partial charge in [0.1, 0.15) is 11.3 Å². The van der Waals surface area contributed by atoms with Crippen molar-refractivity contribution in [3.05, 3.63) is 100 Å². The van der Waals surface area contributed by atoms with Gasteiger partial charge < -0.3 is 0 Å². The topological polar surface area (TPSA) is 52.7 Å². The molecule has 6 heteroatoms. The standard InChI is InChI=1S/C23H17FN4O/c1-15-21-13-25-28(19-11-9-18(24)10-12-19)22(21)23(29)27(26-15)14-17-7-4-6-16-5-2-3-8-20(16)17/h2-13H,14H2,1H3. The summed E-state index contributed by atoms with van der Waals surface area (Å²) in [4.78, 5) is 13.3. The summed E-state index contributed by atoms with van der Waals surface area (Å²) in [5.74, 6) is -0.337. The van der Waals surface area contributed by atoms with Crippen LogP contribution in [0, 0.1) is 12.7 Å². The molecule has 5 rings (SSSR count). The van der Waals surface area contributed by atoms with Crippen LogP contribution in [0.15, 0.2) is 77.7 Å². The van der Waals surface area contributed by atoms with Gasteiger partial charge in [-0.3, -0.25) is 4.79 Å². The van der Waals surface area contributed by atoms with Crippen molar-refractivity contribution in [2.45, 2.75) is 13.5 Å². The first-order valence-electron chi connectivity index (χ1n) is 9.30. The second-order valence-corrected chi connectivity index (χ2v) is 6.98. The molecular formula is C23H17FN4O. The van der Waals surface area contributed by atoms with E-state index in [-0.39, 0.29) is 11.4 Å². The average molecular weight is 384 g/mol. The highest BCUT2D eigenvalue weighted by molar-refractivity contribution is 5.86. The van der Waals surface area contributed by atoms with Crippen molar-refractivity contribution in [1.82, 2.24) is 19.6 Å². The van der Waals surface area contributed by atoms with Crippen molar-refractivity contribution in [2.75, 3.05) is 0 Å². The Bertz CT molecular complexity index is 1410. The van der Waals surface area contributed by atoms with E-state index in [1.54, 1.807) is 23.0 Å². The summed E-state index contributed by atoms with van der Waals surface area (Å²) >= 11 is 0. The van der Waals surface area contributed by atoms with E-state index in [9.17, 15) is 9.18 Å². The zero-order valence-electron chi connectivity index (χ0n) is 15.7. The third kappa shape index (κ3) is 2.89. The Morgan fingerprint density at radius 1 is 0.931 bits per heavy atom. The lowest BCUT2D eigenvalue weighted by Crippen LogP contribution is -2.26. The van der Waals surface area contributed by atoms with Gasteiger partial charge in [0.15, 0.2) is 0 Å². The summed E-state index contributed by atoms with van der Waals surface area (Å²) in [6, 6.07) is 20.0. The number of aryl methyl sites for hydroxylation is 1. The van der Waals surface area contributed by atoms with Gasteiger partial charge in [-0.1, -0.05) is 42.5 Å². The van der Waals surface area contributed by atoms with Gasteiger partial charge >= 0.3 is 0 Å². The maximum absolute atomic E-state index is 13.3. The highest BCUT2D eigenvalue weighted by Gasteiger charge is 2.16. The van der Waals surface area contributed by atoms with Crippen LogP contribution in [0.3, 0.4) is 0 Å². The van der Waals surface area contributed by atoms with E-state index in [1.165, 1.54) is 16.8 Å². The molecule has 0 fully saturated rings. The molecule has 5 nitrogen and oxygen atoms in total. The van der Waals surface area contributed by atoms with Crippen LogP contribution in [0.2, 0.25) is 0 Å². The average Bonchev–Trinajstić information content (AvgIpc) is 3.19. The molecule has 0 bridgehead atoms. The van der Waals surface area contributed by atoms with Gasteiger partial charge in [-0.2, -0.15) is 10.2 Å². The summed E-state index contributed by atoms with van der Waals surface area (Å²) in [6.07, 6.45) is 1.63. The van der Waals surface area contributed by atoms with Crippen LogP contribution in [-0.4, -0.2) is 19.6 Å². The minimum absolute atomic E-state index is 0.236. The lowest BCUT2D eigenvalue weighted by molar-refractivity contribution is 0.626. The number of benzene rings is 3.